The minimum Gasteiger partial charge on any atom is -0.505 e. The van der Waals surface area contributed by atoms with E-state index in [0.29, 0.717) is 11.0 Å². The third-order valence-electron chi connectivity index (χ3n) is 24.1. The van der Waals surface area contributed by atoms with Gasteiger partial charge in [-0.2, -0.15) is 0 Å². The lowest BCUT2D eigenvalue weighted by Gasteiger charge is -2.38. The van der Waals surface area contributed by atoms with Crippen LogP contribution in [-0.2, 0) is 47.6 Å². The number of esters is 2. The number of rotatable bonds is 10. The SMILES string of the molecule is CN(C)CCO.CO[C@H]1/C=C/O[C@@]2(C)Oc3c(C)c(=O)c4c(O)c(c5oc6cc(Br)cc(F)c6nc5c4c3C2=O)NC(=O)/C(C)=C\C=C\[C@H](C)[C@H](O)[C@@H](C)[C@@H](O)[C@@H](C)[C@H](OC(C)=O)[C@@H]1C.CO[C@H]1/C=C/O[C@@]2(C)Oc3c(C)c(=O)c4c(O)c(c5oc6cc(OCCN(C)C)cc(F)c6nc5c4c3C2=O)NC(=O)/C(C)=C\C=C\[C@H](C)[C@H](O)[C@@H](C)[C@@H](O)[C@@H](C)[C@H](OC(C)=O)[C@@H]1C. The Morgan fingerprint density at radius 2 is 0.922 bits per heavy atom. The van der Waals surface area contributed by atoms with Gasteiger partial charge in [-0.3, -0.25) is 38.4 Å². The van der Waals surface area contributed by atoms with Crippen molar-refractivity contribution in [2.45, 2.75) is 171 Å². The summed E-state index contributed by atoms with van der Waals surface area (Å²) < 4.78 is 97.2. The van der Waals surface area contributed by atoms with Gasteiger partial charge >= 0.3 is 23.5 Å². The predicted octanol–water partition coefficient (Wildman–Crippen LogP) is 12.5. The van der Waals surface area contributed by atoms with Gasteiger partial charge in [0.05, 0.1) is 77.7 Å². The Balaban J connectivity index is 0.000000253. The molecule has 8 bridgehead atoms. The number of aliphatic hydroxyl groups excluding tert-OH is 5. The number of likely N-dealkylation sites (N-methyl/N-ethyl adjacent to an activating group) is 2. The lowest BCUT2D eigenvalue weighted by molar-refractivity contribution is -0.161. The zero-order valence-corrected chi connectivity index (χ0v) is 77.5. The Morgan fingerprint density at radius 1 is 0.535 bits per heavy atom. The molecule has 2 aromatic heterocycles. The van der Waals surface area contributed by atoms with Crippen LogP contribution in [0.4, 0.5) is 20.2 Å². The number of anilines is 2. The molecular formula is C94H113BrF2N6O26. The van der Waals surface area contributed by atoms with E-state index in [0.717, 1.165) is 18.7 Å². The van der Waals surface area contributed by atoms with Gasteiger partial charge in [-0.25, -0.2) is 18.7 Å². The fraction of sp³-hybridized carbons (Fsp3) is 0.468. The summed E-state index contributed by atoms with van der Waals surface area (Å²) in [5.74, 6) is -17.1. The van der Waals surface area contributed by atoms with Crippen molar-refractivity contribution >= 4 is 129 Å². The second-order valence-electron chi connectivity index (χ2n) is 34.1. The number of aromatic nitrogens is 2. The first kappa shape index (κ1) is 100. The van der Waals surface area contributed by atoms with Crippen LogP contribution in [0, 0.1) is 72.8 Å². The number of nitrogens with zero attached hydrogens (tertiary/aromatic N) is 4. The minimum atomic E-state index is -2.12. The molecule has 2 amide bonds. The van der Waals surface area contributed by atoms with Gasteiger partial charge in [0.25, 0.3) is 23.4 Å². The smallest absolute Gasteiger partial charge is 0.312 e. The molecule has 6 heterocycles. The molecule has 9 N–H and O–H groups in total. The molecule has 0 fully saturated rings. The fourth-order valence-corrected chi connectivity index (χ4v) is 16.7. The number of allylic oxidation sites excluding steroid dienone is 4. The average molecular weight is 1860 g/mol. The van der Waals surface area contributed by atoms with Crippen LogP contribution in [0.2, 0.25) is 0 Å². The Kier molecular flexibility index (Phi) is 31.7. The highest BCUT2D eigenvalue weighted by atomic mass is 79.9. The summed E-state index contributed by atoms with van der Waals surface area (Å²) in [4.78, 5) is 123. The second kappa shape index (κ2) is 40.9. The number of ether oxygens (including phenoxy) is 9. The van der Waals surface area contributed by atoms with Gasteiger partial charge in [-0.15, -0.1) is 0 Å². The fourth-order valence-electron chi connectivity index (χ4n) is 16.3. The lowest BCUT2D eigenvalue weighted by atomic mass is 9.78. The summed E-state index contributed by atoms with van der Waals surface area (Å²) in [7, 11) is 10.4. The molecular weight excluding hydrogens is 1750 g/mol. The topological polar surface area (TPSA) is 444 Å². The standard InChI is InChI=1S/C47H56FN3O13.C43H46BrFN2O12.C4H11NO/c1-21-13-12-14-22(2)46(58)50-37-41(56)33-32(36-44(37)63-31-20-28(60-18-16-51(9)10)19-29(48)35(31)49-36)34-43(26(6)40(33)55)64-47(8,45(34)57)61-17-15-30(59-11)23(3)42(62-27(7)52)25(5)39(54)24(4)38(21)53;1-17-11-10-12-18(2)42(54)47-33-37(52)29-28(32-40(33)58-27-16-24(44)15-25(45)31(27)46-32)30-39(22(6)36(29)51)59-43(8,41(30)53)56-14-13-26(55-9)19(3)38(57-23(7)48)21(5)35(50)20(4)34(17)49;1-5(2)3-4-6/h12-15,17,19-21,23-25,30,38-39,42,53-54,56H,16,18H2,1-11H3,(H,50,58);10-17,19-21,26,34-35,38,49-50,52H,1-9H3,(H,47,54);6H,3-4H2,1-2H3/b13-12+,17-15+,22-14-;11-10+,14-13+,18-12-;/t21-,23+,24+,25+,30-,38-,39+,42+,47-;17-,19+,20+,21+,26-,34-,35+,38+,43-;/m00./s1. The van der Waals surface area contributed by atoms with Crippen molar-refractivity contribution in [3.05, 3.63) is 155 Å². The summed E-state index contributed by atoms with van der Waals surface area (Å²) in [6.07, 6.45) is 6.59. The van der Waals surface area contributed by atoms with Crippen molar-refractivity contribution in [3.8, 4) is 28.7 Å². The first-order chi connectivity index (χ1) is 60.6. The zero-order chi connectivity index (χ0) is 95.5. The molecule has 8 aromatic rings. The summed E-state index contributed by atoms with van der Waals surface area (Å²) in [6, 6.07) is 5.09. The minimum absolute atomic E-state index is 0.0747. The number of Topliss-reactive ketones (excluding diaryl/α,β-unsaturated/α-hetero) is 2. The van der Waals surface area contributed by atoms with E-state index in [4.69, 9.17) is 56.6 Å². The van der Waals surface area contributed by atoms with Crippen molar-refractivity contribution in [3.63, 3.8) is 0 Å². The number of aromatic hydroxyl groups is 2. The highest BCUT2D eigenvalue weighted by molar-refractivity contribution is 9.10. The molecule has 32 nitrogen and oxygen atoms in total. The number of hydrogen-bond donors (Lipinski definition) is 9. The quantitative estimate of drug-likeness (QED) is 0.0266. The molecule has 0 saturated carbocycles. The van der Waals surface area contributed by atoms with Crippen molar-refractivity contribution < 1.29 is 125 Å². The molecule has 12 rings (SSSR count). The van der Waals surface area contributed by atoms with Crippen LogP contribution in [0.1, 0.15) is 129 Å². The number of hydrogen-bond acceptors (Lipinski definition) is 30. The lowest BCUT2D eigenvalue weighted by Crippen LogP contribution is -2.46. The van der Waals surface area contributed by atoms with Crippen LogP contribution >= 0.6 is 15.9 Å². The normalized spacial score (nSPS) is 28.5. The first-order valence-electron chi connectivity index (χ1n) is 42.0. The molecule has 18 atom stereocenters. The number of methoxy groups -OCH3 is 2. The molecule has 0 aliphatic carbocycles. The van der Waals surface area contributed by atoms with Crippen LogP contribution in [0.25, 0.3) is 65.9 Å². The molecule has 0 saturated heterocycles. The van der Waals surface area contributed by atoms with E-state index in [9.17, 15) is 69.0 Å². The predicted molar refractivity (Wildman–Crippen MR) is 481 cm³/mol. The molecule has 0 radical (unpaired) electrons. The van der Waals surface area contributed by atoms with Crippen LogP contribution in [-0.4, -0.2) is 220 Å². The number of halogens is 3. The van der Waals surface area contributed by atoms with E-state index in [-0.39, 0.29) is 130 Å². The van der Waals surface area contributed by atoms with Gasteiger partial charge in [0.15, 0.2) is 56.3 Å². The van der Waals surface area contributed by atoms with Crippen molar-refractivity contribution in [2.24, 2.45) is 47.3 Å². The van der Waals surface area contributed by atoms with Gasteiger partial charge in [0.2, 0.25) is 0 Å². The molecule has 4 aliphatic rings. The van der Waals surface area contributed by atoms with Gasteiger partial charge in [0.1, 0.15) is 69.5 Å². The summed E-state index contributed by atoms with van der Waals surface area (Å²) in [5.41, 5.74) is -4.54. The van der Waals surface area contributed by atoms with Crippen LogP contribution in [0.3, 0.4) is 0 Å². The van der Waals surface area contributed by atoms with Crippen LogP contribution < -0.4 is 35.7 Å². The average Bonchev–Trinajstić information content (AvgIpc) is 1.64. The molecule has 35 heteroatoms. The van der Waals surface area contributed by atoms with Crippen LogP contribution in [0.15, 0.2) is 119 Å². The number of fused-ring (bicyclic) bond motifs is 4. The number of benzene rings is 6. The Morgan fingerprint density at radius 3 is 1.29 bits per heavy atom. The van der Waals surface area contributed by atoms with Gasteiger partial charge in [-0.05, 0) is 80.2 Å². The number of carbonyl (C=O) groups is 6. The molecule has 696 valence electrons. The van der Waals surface area contributed by atoms with E-state index in [2.05, 4.69) is 36.5 Å². The number of phenols is 2. The largest absolute Gasteiger partial charge is 0.505 e. The Hall–Kier alpha value is -11.1. The van der Waals surface area contributed by atoms with Gasteiger partial charge in [-0.1, -0.05) is 108 Å². The van der Waals surface area contributed by atoms with Crippen LogP contribution in [0.5, 0.6) is 28.7 Å². The maximum Gasteiger partial charge on any atom is 0.312 e. The summed E-state index contributed by atoms with van der Waals surface area (Å²) >= 11 is 3.24. The first-order valence-corrected chi connectivity index (χ1v) is 42.8. The molecule has 129 heavy (non-hydrogen) atoms. The third kappa shape index (κ3) is 20.6. The monoisotopic (exact) mass is 1860 g/mol. The maximum absolute atomic E-state index is 16.0. The molecule has 4 aliphatic heterocycles. The number of carbonyl (C=O) groups excluding carboxylic acids is 6. The molecule has 0 unspecified atom stereocenters. The number of ketones is 2. The molecule has 0 spiro atoms. The van der Waals surface area contributed by atoms with E-state index in [1.165, 1.54) is 119 Å². The third-order valence-corrected chi connectivity index (χ3v) is 24.5. The van der Waals surface area contributed by atoms with Gasteiger partial charge in [0, 0.05) is 152 Å². The summed E-state index contributed by atoms with van der Waals surface area (Å²) in [6.45, 7) is 26.3. The van der Waals surface area contributed by atoms with Crippen molar-refractivity contribution in [1.29, 1.82) is 0 Å². The highest BCUT2D eigenvalue weighted by Crippen LogP contribution is 2.52. The van der Waals surface area contributed by atoms with E-state index in [1.807, 2.05) is 38.0 Å². The zero-order valence-electron chi connectivity index (χ0n) is 76.0. The maximum atomic E-state index is 16.0. The Bertz CT molecular complexity index is 6020. The highest BCUT2D eigenvalue weighted by Gasteiger charge is 2.52. The second-order valence-corrected chi connectivity index (χ2v) is 35.0. The molecule has 6 aromatic carbocycles. The van der Waals surface area contributed by atoms with Crippen molar-refractivity contribution in [1.82, 2.24) is 19.8 Å². The van der Waals surface area contributed by atoms with E-state index >= 15 is 8.78 Å². The Labute approximate surface area is 751 Å². The number of nitrogens with one attached hydrogen (secondary N) is 2. The summed E-state index contributed by atoms with van der Waals surface area (Å²) in [5, 5.41) is 81.9. The van der Waals surface area contributed by atoms with Gasteiger partial charge < -0.3 is 108 Å². The number of aliphatic hydroxyl groups is 5. The number of phenolic OH excluding ortho intramolecular Hbond substituents is 2. The number of amides is 2. The van der Waals surface area contributed by atoms with Crippen molar-refractivity contribution in [2.75, 3.05) is 79.3 Å². The van der Waals surface area contributed by atoms with E-state index < -0.39 is 188 Å². The van der Waals surface area contributed by atoms with E-state index in [1.54, 1.807) is 79.7 Å².